The molecule has 1 aliphatic heterocycles. The monoisotopic (exact) mass is 248 g/mol. The van der Waals surface area contributed by atoms with Gasteiger partial charge in [-0.2, -0.15) is 5.10 Å². The van der Waals surface area contributed by atoms with Crippen LogP contribution in [0.2, 0.25) is 0 Å². The maximum Gasteiger partial charge on any atom is 0.248 e. The van der Waals surface area contributed by atoms with Gasteiger partial charge in [0.2, 0.25) is 5.91 Å². The Morgan fingerprint density at radius 1 is 1.44 bits per heavy atom. The summed E-state index contributed by atoms with van der Waals surface area (Å²) in [6.45, 7) is 2.57. The van der Waals surface area contributed by atoms with E-state index in [1.165, 1.54) is 12.8 Å². The van der Waals surface area contributed by atoms with Crippen LogP contribution in [-0.2, 0) is 10.3 Å². The molecule has 1 amide bonds. The lowest BCUT2D eigenvalue weighted by molar-refractivity contribution is -0.132. The van der Waals surface area contributed by atoms with E-state index in [-0.39, 0.29) is 5.91 Å². The van der Waals surface area contributed by atoms with Crippen LogP contribution in [0.15, 0.2) is 18.5 Å². The van der Waals surface area contributed by atoms with E-state index in [1.54, 1.807) is 6.20 Å². The lowest BCUT2D eigenvalue weighted by Crippen LogP contribution is -2.54. The number of hydrogen-bond donors (Lipinski definition) is 2. The molecule has 1 aromatic heterocycles. The van der Waals surface area contributed by atoms with Crippen LogP contribution in [0.1, 0.15) is 25.7 Å². The topological polar surface area (TPSA) is 59.0 Å². The van der Waals surface area contributed by atoms with Gasteiger partial charge in [-0.3, -0.25) is 9.48 Å². The van der Waals surface area contributed by atoms with E-state index in [0.29, 0.717) is 5.92 Å². The van der Waals surface area contributed by atoms with Gasteiger partial charge in [-0.1, -0.05) is 0 Å². The first-order chi connectivity index (χ1) is 8.81. The van der Waals surface area contributed by atoms with E-state index >= 15 is 0 Å². The number of amides is 1. The molecule has 0 aromatic carbocycles. The van der Waals surface area contributed by atoms with E-state index in [0.717, 1.165) is 32.5 Å². The lowest BCUT2D eigenvalue weighted by atomic mass is 9.87. The molecule has 0 unspecified atom stereocenters. The molecule has 2 fully saturated rings. The molecule has 3 rings (SSSR count). The van der Waals surface area contributed by atoms with Gasteiger partial charge in [-0.25, -0.2) is 0 Å². The van der Waals surface area contributed by atoms with Gasteiger partial charge in [0.1, 0.15) is 5.54 Å². The Balaban J connectivity index is 1.77. The van der Waals surface area contributed by atoms with Crippen LogP contribution in [-0.4, -0.2) is 35.3 Å². The van der Waals surface area contributed by atoms with E-state index < -0.39 is 5.54 Å². The van der Waals surface area contributed by atoms with Crippen LogP contribution in [0.4, 0.5) is 0 Å². The van der Waals surface area contributed by atoms with E-state index in [4.69, 9.17) is 0 Å². The summed E-state index contributed by atoms with van der Waals surface area (Å²) in [7, 11) is 0. The smallest absolute Gasteiger partial charge is 0.248 e. The van der Waals surface area contributed by atoms with Crippen molar-refractivity contribution < 1.29 is 4.79 Å². The van der Waals surface area contributed by atoms with E-state index in [2.05, 4.69) is 15.7 Å². The number of hydrogen-bond acceptors (Lipinski definition) is 3. The van der Waals surface area contributed by atoms with E-state index in [1.807, 2.05) is 16.9 Å². The van der Waals surface area contributed by atoms with Gasteiger partial charge < -0.3 is 10.6 Å². The summed E-state index contributed by atoms with van der Waals surface area (Å²) in [5.74, 6) is 0.852. The van der Waals surface area contributed by atoms with Crippen molar-refractivity contribution >= 4 is 5.91 Å². The average molecular weight is 248 g/mol. The van der Waals surface area contributed by atoms with Crippen molar-refractivity contribution in [2.45, 2.75) is 31.2 Å². The molecular weight excluding hydrogens is 228 g/mol. The molecule has 1 aliphatic carbocycles. The van der Waals surface area contributed by atoms with Crippen LogP contribution < -0.4 is 10.6 Å². The molecule has 0 atom stereocenters. The molecule has 1 saturated heterocycles. The summed E-state index contributed by atoms with van der Waals surface area (Å²) in [5.41, 5.74) is -0.482. The highest BCUT2D eigenvalue weighted by molar-refractivity contribution is 5.84. The fourth-order valence-corrected chi connectivity index (χ4v) is 2.65. The third kappa shape index (κ3) is 2.14. The zero-order valence-corrected chi connectivity index (χ0v) is 10.6. The number of nitrogens with zero attached hydrogens (tertiary/aromatic N) is 2. The summed E-state index contributed by atoms with van der Waals surface area (Å²) in [6.07, 6.45) is 7.80. The first-order valence-electron chi connectivity index (χ1n) is 6.80. The van der Waals surface area contributed by atoms with Crippen LogP contribution in [0, 0.1) is 5.92 Å². The first kappa shape index (κ1) is 11.7. The number of nitrogens with one attached hydrogen (secondary N) is 2. The Labute approximate surface area is 107 Å². The van der Waals surface area contributed by atoms with Gasteiger partial charge in [-0.05, 0) is 50.8 Å². The molecular formula is C13H20N4O. The van der Waals surface area contributed by atoms with Gasteiger partial charge in [-0.15, -0.1) is 0 Å². The van der Waals surface area contributed by atoms with Crippen molar-refractivity contribution in [2.24, 2.45) is 5.92 Å². The number of rotatable bonds is 4. The van der Waals surface area contributed by atoms with Crippen LogP contribution in [0.3, 0.4) is 0 Å². The van der Waals surface area contributed by atoms with Crippen molar-refractivity contribution in [1.82, 2.24) is 20.4 Å². The minimum Gasteiger partial charge on any atom is -0.354 e. The quantitative estimate of drug-likeness (QED) is 0.815. The molecule has 2 heterocycles. The van der Waals surface area contributed by atoms with Crippen molar-refractivity contribution in [3.8, 4) is 0 Å². The Morgan fingerprint density at radius 3 is 2.83 bits per heavy atom. The highest BCUT2D eigenvalue weighted by Gasteiger charge is 2.42. The molecule has 5 nitrogen and oxygen atoms in total. The molecule has 18 heavy (non-hydrogen) atoms. The normalized spacial score (nSPS) is 22.7. The Hall–Kier alpha value is -1.36. The van der Waals surface area contributed by atoms with Crippen LogP contribution in [0.25, 0.3) is 0 Å². The summed E-state index contributed by atoms with van der Waals surface area (Å²) < 4.78 is 1.84. The number of aromatic nitrogens is 2. The summed E-state index contributed by atoms with van der Waals surface area (Å²) in [6, 6.07) is 1.89. The first-order valence-corrected chi connectivity index (χ1v) is 6.80. The molecule has 2 N–H and O–H groups in total. The number of carbonyl (C=O) groups excluding carboxylic acids is 1. The second-order valence-electron chi connectivity index (χ2n) is 5.39. The molecule has 0 radical (unpaired) electrons. The predicted octanol–water partition coefficient (Wildman–Crippen LogP) is 0.488. The minimum absolute atomic E-state index is 0.139. The molecule has 5 heteroatoms. The third-order valence-electron chi connectivity index (χ3n) is 4.04. The average Bonchev–Trinajstić information content (AvgIpc) is 3.08. The van der Waals surface area contributed by atoms with Crippen molar-refractivity contribution in [2.75, 3.05) is 19.6 Å². The van der Waals surface area contributed by atoms with Crippen molar-refractivity contribution in [1.29, 1.82) is 0 Å². The zero-order chi connectivity index (χ0) is 12.4. The van der Waals surface area contributed by atoms with Crippen molar-refractivity contribution in [3.05, 3.63) is 18.5 Å². The predicted molar refractivity (Wildman–Crippen MR) is 68.0 cm³/mol. The van der Waals surface area contributed by atoms with Crippen molar-refractivity contribution in [3.63, 3.8) is 0 Å². The largest absolute Gasteiger partial charge is 0.354 e. The lowest BCUT2D eigenvalue weighted by Gasteiger charge is -2.36. The Kier molecular flexibility index (Phi) is 3.07. The maximum atomic E-state index is 12.6. The molecule has 0 bridgehead atoms. The molecule has 98 valence electrons. The summed E-state index contributed by atoms with van der Waals surface area (Å²) in [5, 5.41) is 10.7. The SMILES string of the molecule is O=C(NCC1CC1)C1(n2cccn2)CCNCC1. The van der Waals surface area contributed by atoms with E-state index in [9.17, 15) is 4.79 Å². The highest BCUT2D eigenvalue weighted by Crippen LogP contribution is 2.30. The number of carbonyl (C=O) groups is 1. The summed E-state index contributed by atoms with van der Waals surface area (Å²) >= 11 is 0. The standard InChI is InChI=1S/C13H20N4O/c18-12(15-10-11-2-3-11)13(4-7-14-8-5-13)17-9-1-6-16-17/h1,6,9,11,14H,2-5,7-8,10H2,(H,15,18). The molecule has 2 aliphatic rings. The minimum atomic E-state index is -0.482. The second kappa shape index (κ2) is 4.72. The number of piperidine rings is 1. The van der Waals surface area contributed by atoms with Gasteiger partial charge in [0.05, 0.1) is 0 Å². The Morgan fingerprint density at radius 2 is 2.22 bits per heavy atom. The molecule has 1 saturated carbocycles. The van der Waals surface area contributed by atoms with Gasteiger partial charge in [0.15, 0.2) is 0 Å². The summed E-state index contributed by atoms with van der Waals surface area (Å²) in [4.78, 5) is 12.6. The molecule has 0 spiro atoms. The second-order valence-corrected chi connectivity index (χ2v) is 5.39. The molecule has 1 aromatic rings. The van der Waals surface area contributed by atoms with Crippen LogP contribution in [0.5, 0.6) is 0 Å². The van der Waals surface area contributed by atoms with Gasteiger partial charge >= 0.3 is 0 Å². The van der Waals surface area contributed by atoms with Crippen LogP contribution >= 0.6 is 0 Å². The Bertz CT molecular complexity index is 405. The fourth-order valence-electron chi connectivity index (χ4n) is 2.65. The maximum absolute atomic E-state index is 12.6. The van der Waals surface area contributed by atoms with Gasteiger partial charge in [0, 0.05) is 18.9 Å². The fraction of sp³-hybridized carbons (Fsp3) is 0.692. The van der Waals surface area contributed by atoms with Gasteiger partial charge in [0.25, 0.3) is 0 Å². The zero-order valence-electron chi connectivity index (χ0n) is 10.6. The highest BCUT2D eigenvalue weighted by atomic mass is 16.2. The third-order valence-corrected chi connectivity index (χ3v) is 4.04.